The van der Waals surface area contributed by atoms with Gasteiger partial charge in [0.2, 0.25) is 0 Å². The minimum atomic E-state index is -0.697. The summed E-state index contributed by atoms with van der Waals surface area (Å²) >= 11 is 17.2. The minimum Gasteiger partial charge on any atom is -0.482 e. The molecule has 1 aromatic rings. The summed E-state index contributed by atoms with van der Waals surface area (Å²) in [6.45, 7) is -0.367. The van der Waals surface area contributed by atoms with Crippen LogP contribution in [-0.4, -0.2) is 17.7 Å². The van der Waals surface area contributed by atoms with Crippen molar-refractivity contribution in [1.29, 1.82) is 0 Å². The van der Waals surface area contributed by atoms with E-state index in [2.05, 4.69) is 0 Å². The Kier molecular flexibility index (Phi) is 4.47. The molecule has 0 aromatic heterocycles. The molecule has 1 rings (SSSR count). The Hall–Kier alpha value is -0.680. The Labute approximate surface area is 101 Å². The summed E-state index contributed by atoms with van der Waals surface area (Å²) in [6.07, 6.45) is 0. The van der Waals surface area contributed by atoms with Gasteiger partial charge in [-0.25, -0.2) is 5.48 Å². The van der Waals surface area contributed by atoms with Crippen molar-refractivity contribution in [2.45, 2.75) is 0 Å². The summed E-state index contributed by atoms with van der Waals surface area (Å²) in [4.78, 5) is 10.7. The summed E-state index contributed by atoms with van der Waals surface area (Å²) in [5, 5.41) is 9.01. The van der Waals surface area contributed by atoms with Gasteiger partial charge in [0.25, 0.3) is 5.91 Å². The zero-order valence-electron chi connectivity index (χ0n) is 7.26. The van der Waals surface area contributed by atoms with Gasteiger partial charge >= 0.3 is 0 Å². The van der Waals surface area contributed by atoms with E-state index in [9.17, 15) is 4.79 Å². The van der Waals surface area contributed by atoms with Gasteiger partial charge in [0, 0.05) is 6.07 Å². The minimum absolute atomic E-state index is 0.217. The van der Waals surface area contributed by atoms with Crippen LogP contribution in [0.25, 0.3) is 0 Å². The quantitative estimate of drug-likeness (QED) is 0.504. The third-order valence-electron chi connectivity index (χ3n) is 1.46. The lowest BCUT2D eigenvalue weighted by atomic mass is 10.3. The van der Waals surface area contributed by atoms with Crippen molar-refractivity contribution >= 4 is 40.7 Å². The molecule has 0 fully saturated rings. The zero-order valence-corrected chi connectivity index (χ0v) is 9.53. The lowest BCUT2D eigenvalue weighted by molar-refractivity contribution is -0.131. The summed E-state index contributed by atoms with van der Waals surface area (Å²) in [5.41, 5.74) is 1.41. The Morgan fingerprint density at radius 1 is 1.27 bits per heavy atom. The van der Waals surface area contributed by atoms with Gasteiger partial charge in [-0.1, -0.05) is 34.8 Å². The highest BCUT2D eigenvalue weighted by atomic mass is 35.5. The van der Waals surface area contributed by atoms with Gasteiger partial charge in [-0.15, -0.1) is 0 Å². The summed E-state index contributed by atoms with van der Waals surface area (Å²) in [6, 6.07) is 2.79. The molecule has 0 aliphatic rings. The first-order valence-corrected chi connectivity index (χ1v) is 4.88. The van der Waals surface area contributed by atoms with E-state index in [-0.39, 0.29) is 22.4 Å². The van der Waals surface area contributed by atoms with Crippen LogP contribution in [-0.2, 0) is 4.79 Å². The molecule has 82 valence electrons. The molecular formula is C8H6Cl3NO3. The number of halogens is 3. The van der Waals surface area contributed by atoms with Crippen molar-refractivity contribution in [3.8, 4) is 5.75 Å². The van der Waals surface area contributed by atoms with E-state index in [1.807, 2.05) is 0 Å². The number of carbonyl (C=O) groups is 1. The molecular weight excluding hydrogens is 264 g/mol. The second kappa shape index (κ2) is 5.42. The van der Waals surface area contributed by atoms with Crippen LogP contribution in [0.5, 0.6) is 5.75 Å². The first kappa shape index (κ1) is 12.4. The third kappa shape index (κ3) is 3.43. The fourth-order valence-corrected chi connectivity index (χ4v) is 1.38. The molecule has 15 heavy (non-hydrogen) atoms. The monoisotopic (exact) mass is 269 g/mol. The van der Waals surface area contributed by atoms with Crippen LogP contribution in [0.1, 0.15) is 0 Å². The van der Waals surface area contributed by atoms with Crippen molar-refractivity contribution in [2.75, 3.05) is 6.61 Å². The van der Waals surface area contributed by atoms with Gasteiger partial charge in [-0.05, 0) is 6.07 Å². The van der Waals surface area contributed by atoms with Gasteiger partial charge in [-0.3, -0.25) is 10.0 Å². The van der Waals surface area contributed by atoms with Crippen LogP contribution in [0, 0.1) is 0 Å². The van der Waals surface area contributed by atoms with Crippen LogP contribution in [0.3, 0.4) is 0 Å². The van der Waals surface area contributed by atoms with Crippen LogP contribution in [0.2, 0.25) is 15.1 Å². The molecule has 1 amide bonds. The molecule has 0 spiro atoms. The predicted octanol–water partition coefficient (Wildman–Crippen LogP) is 2.53. The maximum absolute atomic E-state index is 10.7. The van der Waals surface area contributed by atoms with Gasteiger partial charge in [-0.2, -0.15) is 0 Å². The Morgan fingerprint density at radius 2 is 1.87 bits per heavy atom. The van der Waals surface area contributed by atoms with Crippen molar-refractivity contribution < 1.29 is 14.7 Å². The molecule has 0 saturated heterocycles. The number of rotatable bonds is 3. The highest BCUT2D eigenvalue weighted by Crippen LogP contribution is 2.33. The predicted molar refractivity (Wildman–Crippen MR) is 56.9 cm³/mol. The lowest BCUT2D eigenvalue weighted by Gasteiger charge is -2.07. The molecule has 0 radical (unpaired) electrons. The van der Waals surface area contributed by atoms with Crippen LogP contribution in [0.15, 0.2) is 12.1 Å². The van der Waals surface area contributed by atoms with E-state index in [4.69, 9.17) is 44.7 Å². The second-order valence-electron chi connectivity index (χ2n) is 2.52. The highest BCUT2D eigenvalue weighted by molar-refractivity contribution is 6.43. The number of ether oxygens (including phenoxy) is 1. The number of benzene rings is 1. The molecule has 0 bridgehead atoms. The first-order chi connectivity index (χ1) is 7.04. The number of hydroxylamine groups is 1. The maximum Gasteiger partial charge on any atom is 0.281 e. The molecule has 0 saturated carbocycles. The summed E-state index contributed by atoms with van der Waals surface area (Å²) in [5.74, 6) is -0.480. The first-order valence-electron chi connectivity index (χ1n) is 3.75. The average Bonchev–Trinajstić information content (AvgIpc) is 2.21. The number of amides is 1. The normalized spacial score (nSPS) is 9.87. The van der Waals surface area contributed by atoms with Crippen LogP contribution in [0.4, 0.5) is 0 Å². The molecule has 0 aliphatic carbocycles. The van der Waals surface area contributed by atoms with E-state index >= 15 is 0 Å². The highest BCUT2D eigenvalue weighted by Gasteiger charge is 2.08. The maximum atomic E-state index is 10.7. The van der Waals surface area contributed by atoms with Gasteiger partial charge in [0.15, 0.2) is 6.61 Å². The Bertz CT molecular complexity index is 384. The van der Waals surface area contributed by atoms with E-state index in [1.165, 1.54) is 17.6 Å². The van der Waals surface area contributed by atoms with E-state index < -0.39 is 5.91 Å². The van der Waals surface area contributed by atoms with Crippen molar-refractivity contribution in [3.05, 3.63) is 27.2 Å². The standard InChI is InChI=1S/C8H6Cl3NO3/c9-4-1-6(11)7(2-5(4)10)15-3-8(13)12-14/h1-2,14H,3H2,(H,12,13). The van der Waals surface area contributed by atoms with Gasteiger partial charge in [0.05, 0.1) is 15.1 Å². The van der Waals surface area contributed by atoms with E-state index in [0.717, 1.165) is 0 Å². The largest absolute Gasteiger partial charge is 0.482 e. The Morgan fingerprint density at radius 3 is 2.47 bits per heavy atom. The second-order valence-corrected chi connectivity index (χ2v) is 3.74. The summed E-state index contributed by atoms with van der Waals surface area (Å²) in [7, 11) is 0. The fraction of sp³-hybridized carbons (Fsp3) is 0.125. The molecule has 0 atom stereocenters. The molecule has 2 N–H and O–H groups in total. The van der Waals surface area contributed by atoms with Gasteiger partial charge in [0.1, 0.15) is 5.75 Å². The topological polar surface area (TPSA) is 58.6 Å². The number of carbonyl (C=O) groups excluding carboxylic acids is 1. The molecule has 0 aliphatic heterocycles. The third-order valence-corrected chi connectivity index (χ3v) is 2.48. The smallest absolute Gasteiger partial charge is 0.281 e. The number of hydrogen-bond donors (Lipinski definition) is 2. The molecule has 1 aromatic carbocycles. The average molecular weight is 270 g/mol. The van der Waals surface area contributed by atoms with Crippen LogP contribution >= 0.6 is 34.8 Å². The molecule has 0 heterocycles. The molecule has 4 nitrogen and oxygen atoms in total. The number of nitrogens with one attached hydrogen (secondary N) is 1. The Balaban J connectivity index is 2.77. The molecule has 7 heteroatoms. The zero-order chi connectivity index (χ0) is 11.4. The van der Waals surface area contributed by atoms with E-state index in [0.29, 0.717) is 5.02 Å². The fourth-order valence-electron chi connectivity index (χ4n) is 0.790. The lowest BCUT2D eigenvalue weighted by Crippen LogP contribution is -2.25. The van der Waals surface area contributed by atoms with Crippen LogP contribution < -0.4 is 10.2 Å². The van der Waals surface area contributed by atoms with Crippen molar-refractivity contribution in [1.82, 2.24) is 5.48 Å². The van der Waals surface area contributed by atoms with Crippen molar-refractivity contribution in [3.63, 3.8) is 0 Å². The summed E-state index contributed by atoms with van der Waals surface area (Å²) < 4.78 is 4.98. The SMILES string of the molecule is O=C(COc1cc(Cl)c(Cl)cc1Cl)NO. The number of hydrogen-bond acceptors (Lipinski definition) is 3. The molecule has 0 unspecified atom stereocenters. The van der Waals surface area contributed by atoms with Crippen molar-refractivity contribution in [2.24, 2.45) is 0 Å². The van der Waals surface area contributed by atoms with E-state index in [1.54, 1.807) is 0 Å². The van der Waals surface area contributed by atoms with Gasteiger partial charge < -0.3 is 4.74 Å².